The molecular weight excluding hydrogens is 216 g/mol. The molecule has 0 fully saturated rings. The number of rotatable bonds is 0. The molecule has 2 heteroatoms. The van der Waals surface area contributed by atoms with Gasteiger partial charge in [0.05, 0.1) is 6.10 Å². The summed E-state index contributed by atoms with van der Waals surface area (Å²) < 4.78 is 1.14. The monoisotopic (exact) mass is 226 g/mol. The van der Waals surface area contributed by atoms with Gasteiger partial charge in [0.2, 0.25) is 0 Å². The molecule has 1 atom stereocenters. The number of benzene rings is 1. The smallest absolute Gasteiger partial charge is 0.0793 e. The maximum absolute atomic E-state index is 9.66. The number of hydrogen-bond donors (Lipinski definition) is 1. The van der Waals surface area contributed by atoms with E-state index in [9.17, 15) is 5.11 Å². The zero-order valence-corrected chi connectivity index (χ0v) is 8.34. The standard InChI is InChI=1S/C10H11BrO/c11-9-5-1-4-8-7(9)3-2-6-10(8)12/h1,4-5,10,12H,2-3,6H2/t10-/m0/s1. The topological polar surface area (TPSA) is 20.2 Å². The molecule has 12 heavy (non-hydrogen) atoms. The maximum atomic E-state index is 9.66. The predicted octanol–water partition coefficient (Wildman–Crippen LogP) is 2.82. The van der Waals surface area contributed by atoms with Crippen molar-refractivity contribution in [3.63, 3.8) is 0 Å². The van der Waals surface area contributed by atoms with E-state index in [0.717, 1.165) is 29.3 Å². The highest BCUT2D eigenvalue weighted by Crippen LogP contribution is 2.33. The minimum Gasteiger partial charge on any atom is -0.388 e. The number of halogens is 1. The molecule has 1 aromatic rings. The van der Waals surface area contributed by atoms with Crippen molar-refractivity contribution in [2.24, 2.45) is 0 Å². The molecule has 0 aromatic heterocycles. The second kappa shape index (κ2) is 3.19. The van der Waals surface area contributed by atoms with Crippen molar-refractivity contribution in [3.05, 3.63) is 33.8 Å². The van der Waals surface area contributed by atoms with Crippen LogP contribution in [0.25, 0.3) is 0 Å². The summed E-state index contributed by atoms with van der Waals surface area (Å²) in [6.45, 7) is 0. The predicted molar refractivity (Wildman–Crippen MR) is 52.0 cm³/mol. The Kier molecular flexibility index (Phi) is 2.20. The van der Waals surface area contributed by atoms with Crippen LogP contribution >= 0.6 is 15.9 Å². The average molecular weight is 227 g/mol. The van der Waals surface area contributed by atoms with Gasteiger partial charge in [-0.3, -0.25) is 0 Å². The summed E-state index contributed by atoms with van der Waals surface area (Å²) in [4.78, 5) is 0. The minimum absolute atomic E-state index is 0.244. The Bertz CT molecular complexity index is 296. The molecule has 0 radical (unpaired) electrons. The molecule has 1 aliphatic carbocycles. The van der Waals surface area contributed by atoms with E-state index in [1.54, 1.807) is 0 Å². The van der Waals surface area contributed by atoms with Crippen molar-refractivity contribution in [1.29, 1.82) is 0 Å². The van der Waals surface area contributed by atoms with Crippen molar-refractivity contribution < 1.29 is 5.11 Å². The van der Waals surface area contributed by atoms with Crippen LogP contribution in [0.15, 0.2) is 22.7 Å². The van der Waals surface area contributed by atoms with Crippen molar-refractivity contribution >= 4 is 15.9 Å². The Labute approximate surface area is 80.5 Å². The van der Waals surface area contributed by atoms with Gasteiger partial charge in [0, 0.05) is 4.47 Å². The molecule has 0 saturated heterocycles. The maximum Gasteiger partial charge on any atom is 0.0793 e. The lowest BCUT2D eigenvalue weighted by Gasteiger charge is -2.21. The second-order valence-corrected chi connectivity index (χ2v) is 4.07. The Morgan fingerprint density at radius 2 is 2.25 bits per heavy atom. The normalized spacial score (nSPS) is 22.0. The minimum atomic E-state index is -0.244. The van der Waals surface area contributed by atoms with Gasteiger partial charge in [-0.25, -0.2) is 0 Å². The highest BCUT2D eigenvalue weighted by molar-refractivity contribution is 9.10. The molecule has 1 aromatic carbocycles. The molecule has 2 rings (SSSR count). The zero-order valence-electron chi connectivity index (χ0n) is 6.76. The van der Waals surface area contributed by atoms with Gasteiger partial charge in [-0.1, -0.05) is 28.1 Å². The van der Waals surface area contributed by atoms with E-state index in [2.05, 4.69) is 15.9 Å². The lowest BCUT2D eigenvalue weighted by molar-refractivity contribution is 0.156. The molecule has 1 nitrogen and oxygen atoms in total. The van der Waals surface area contributed by atoms with Crippen LogP contribution in [-0.2, 0) is 6.42 Å². The Hall–Kier alpha value is -0.340. The first-order chi connectivity index (χ1) is 5.79. The third-order valence-corrected chi connectivity index (χ3v) is 3.16. The van der Waals surface area contributed by atoms with Gasteiger partial charge in [-0.2, -0.15) is 0 Å². The third kappa shape index (κ3) is 1.29. The van der Waals surface area contributed by atoms with Crippen LogP contribution in [-0.4, -0.2) is 5.11 Å². The summed E-state index contributed by atoms with van der Waals surface area (Å²) in [7, 11) is 0. The number of hydrogen-bond acceptors (Lipinski definition) is 1. The van der Waals surface area contributed by atoms with E-state index in [1.165, 1.54) is 5.56 Å². The van der Waals surface area contributed by atoms with Crippen molar-refractivity contribution in [3.8, 4) is 0 Å². The number of aliphatic hydroxyl groups excluding tert-OH is 1. The number of aliphatic hydroxyl groups is 1. The van der Waals surface area contributed by atoms with Crippen LogP contribution in [0, 0.1) is 0 Å². The van der Waals surface area contributed by atoms with Crippen LogP contribution < -0.4 is 0 Å². The van der Waals surface area contributed by atoms with E-state index in [1.807, 2.05) is 18.2 Å². The zero-order chi connectivity index (χ0) is 8.55. The fourth-order valence-corrected chi connectivity index (χ4v) is 2.36. The molecule has 0 heterocycles. The molecule has 0 bridgehead atoms. The van der Waals surface area contributed by atoms with Gasteiger partial charge in [-0.05, 0) is 36.5 Å². The van der Waals surface area contributed by atoms with Crippen LogP contribution in [0.5, 0.6) is 0 Å². The molecule has 0 aliphatic heterocycles. The van der Waals surface area contributed by atoms with Gasteiger partial charge in [0.15, 0.2) is 0 Å². The van der Waals surface area contributed by atoms with E-state index >= 15 is 0 Å². The first kappa shape index (κ1) is 8.27. The van der Waals surface area contributed by atoms with Gasteiger partial charge in [-0.15, -0.1) is 0 Å². The second-order valence-electron chi connectivity index (χ2n) is 3.22. The molecule has 64 valence electrons. The van der Waals surface area contributed by atoms with Crippen molar-refractivity contribution in [2.45, 2.75) is 25.4 Å². The van der Waals surface area contributed by atoms with Gasteiger partial charge >= 0.3 is 0 Å². The van der Waals surface area contributed by atoms with E-state index in [0.29, 0.717) is 0 Å². The highest BCUT2D eigenvalue weighted by atomic mass is 79.9. The summed E-state index contributed by atoms with van der Waals surface area (Å²) in [6.07, 6.45) is 2.85. The molecule has 1 N–H and O–H groups in total. The van der Waals surface area contributed by atoms with Crippen LogP contribution in [0.3, 0.4) is 0 Å². The van der Waals surface area contributed by atoms with Crippen LogP contribution in [0.1, 0.15) is 30.1 Å². The quantitative estimate of drug-likeness (QED) is 0.722. The molecular formula is C10H11BrO. The van der Waals surface area contributed by atoms with Crippen LogP contribution in [0.2, 0.25) is 0 Å². The lowest BCUT2D eigenvalue weighted by atomic mass is 9.90. The molecule has 1 aliphatic rings. The highest BCUT2D eigenvalue weighted by Gasteiger charge is 2.18. The summed E-state index contributed by atoms with van der Waals surface area (Å²) in [5.74, 6) is 0. The molecule has 0 saturated carbocycles. The Morgan fingerprint density at radius 3 is 3.00 bits per heavy atom. The third-order valence-electron chi connectivity index (χ3n) is 2.42. The van der Waals surface area contributed by atoms with Crippen LogP contribution in [0.4, 0.5) is 0 Å². The fourth-order valence-electron chi connectivity index (χ4n) is 1.78. The fraction of sp³-hybridized carbons (Fsp3) is 0.400. The molecule has 0 unspecified atom stereocenters. The molecule has 0 amide bonds. The van der Waals surface area contributed by atoms with E-state index in [4.69, 9.17) is 0 Å². The van der Waals surface area contributed by atoms with Crippen molar-refractivity contribution in [1.82, 2.24) is 0 Å². The lowest BCUT2D eigenvalue weighted by Crippen LogP contribution is -2.09. The summed E-state index contributed by atoms with van der Waals surface area (Å²) in [6, 6.07) is 6.04. The Balaban J connectivity index is 2.52. The van der Waals surface area contributed by atoms with E-state index < -0.39 is 0 Å². The Morgan fingerprint density at radius 1 is 1.42 bits per heavy atom. The number of fused-ring (bicyclic) bond motifs is 1. The van der Waals surface area contributed by atoms with Gasteiger partial charge < -0.3 is 5.11 Å². The van der Waals surface area contributed by atoms with E-state index in [-0.39, 0.29) is 6.10 Å². The summed E-state index contributed by atoms with van der Waals surface area (Å²) in [5, 5.41) is 9.66. The van der Waals surface area contributed by atoms with Gasteiger partial charge in [0.25, 0.3) is 0 Å². The summed E-state index contributed by atoms with van der Waals surface area (Å²) >= 11 is 3.50. The van der Waals surface area contributed by atoms with Gasteiger partial charge in [0.1, 0.15) is 0 Å². The average Bonchev–Trinajstić information content (AvgIpc) is 2.07. The summed E-state index contributed by atoms with van der Waals surface area (Å²) in [5.41, 5.74) is 2.40. The first-order valence-electron chi connectivity index (χ1n) is 4.24. The first-order valence-corrected chi connectivity index (χ1v) is 5.03. The molecule has 0 spiro atoms. The largest absolute Gasteiger partial charge is 0.388 e. The van der Waals surface area contributed by atoms with Crippen molar-refractivity contribution in [2.75, 3.05) is 0 Å². The SMILES string of the molecule is O[C@H]1CCCc2c(Br)cccc21.